The van der Waals surface area contributed by atoms with Gasteiger partial charge in [-0.3, -0.25) is 4.98 Å². The van der Waals surface area contributed by atoms with E-state index in [2.05, 4.69) is 151 Å². The molecule has 1 heterocycles. The monoisotopic (exact) mass is 533 g/mol. The van der Waals surface area contributed by atoms with Crippen LogP contribution in [0, 0.1) is 0 Å². The average molecular weight is 534 g/mol. The Morgan fingerprint density at radius 3 is 1.40 bits per heavy atom. The van der Waals surface area contributed by atoms with Crippen molar-refractivity contribution in [2.75, 3.05) is 0 Å². The molecule has 0 spiro atoms. The smallest absolute Gasteiger partial charge is 0.0346 e. The number of fused-ring (bicyclic) bond motifs is 3. The fourth-order valence-corrected chi connectivity index (χ4v) is 6.49. The van der Waals surface area contributed by atoms with E-state index in [-0.39, 0.29) is 0 Å². The second-order valence-corrected chi connectivity index (χ2v) is 10.7. The maximum Gasteiger partial charge on any atom is 0.0346 e. The summed E-state index contributed by atoms with van der Waals surface area (Å²) < 4.78 is 0. The van der Waals surface area contributed by atoms with E-state index in [1.807, 2.05) is 18.5 Å². The Morgan fingerprint density at radius 2 is 0.786 bits per heavy atom. The highest BCUT2D eigenvalue weighted by atomic mass is 14.6. The molecule has 8 aromatic rings. The molecule has 1 nitrogen and oxygen atoms in total. The van der Waals surface area contributed by atoms with Crippen LogP contribution in [0.4, 0.5) is 0 Å². The van der Waals surface area contributed by atoms with Crippen LogP contribution in [-0.4, -0.2) is 4.98 Å². The first-order chi connectivity index (χ1) is 20.9. The molecule has 0 atom stereocenters. The summed E-state index contributed by atoms with van der Waals surface area (Å²) in [6.45, 7) is 0. The molecule has 196 valence electrons. The van der Waals surface area contributed by atoms with Crippen molar-refractivity contribution in [1.82, 2.24) is 4.98 Å². The van der Waals surface area contributed by atoms with Crippen LogP contribution in [0.25, 0.3) is 76.8 Å². The summed E-state index contributed by atoms with van der Waals surface area (Å²) >= 11 is 0. The number of pyridine rings is 1. The Labute approximate surface area is 245 Å². The van der Waals surface area contributed by atoms with Gasteiger partial charge in [0.25, 0.3) is 0 Å². The Hall–Kier alpha value is -5.53. The maximum atomic E-state index is 4.31. The van der Waals surface area contributed by atoms with Gasteiger partial charge >= 0.3 is 0 Å². The van der Waals surface area contributed by atoms with Crippen molar-refractivity contribution >= 4 is 32.3 Å². The highest BCUT2D eigenvalue weighted by Crippen LogP contribution is 2.46. The Bertz CT molecular complexity index is 2160. The zero-order valence-electron chi connectivity index (χ0n) is 23.0. The van der Waals surface area contributed by atoms with E-state index in [1.165, 1.54) is 71.3 Å². The van der Waals surface area contributed by atoms with Crippen LogP contribution in [0.3, 0.4) is 0 Å². The number of hydrogen-bond donors (Lipinski definition) is 0. The van der Waals surface area contributed by atoms with Crippen molar-refractivity contribution in [3.63, 3.8) is 0 Å². The number of benzene rings is 7. The largest absolute Gasteiger partial charge is 0.264 e. The Balaban J connectivity index is 1.40. The first-order valence-electron chi connectivity index (χ1n) is 14.4. The predicted molar refractivity (Wildman–Crippen MR) is 178 cm³/mol. The van der Waals surface area contributed by atoms with E-state index in [0.717, 1.165) is 5.56 Å². The quantitative estimate of drug-likeness (QED) is 0.205. The second-order valence-electron chi connectivity index (χ2n) is 10.7. The van der Waals surface area contributed by atoms with Gasteiger partial charge in [-0.05, 0) is 82.9 Å². The zero-order valence-corrected chi connectivity index (χ0v) is 23.0. The number of rotatable bonds is 4. The SMILES string of the molecule is c1ccc(-c2cccc3c(-c4c5ccccc5c(-c5ccc(-c6cccnc6)cc5)c5ccccc45)cccc23)cc1. The van der Waals surface area contributed by atoms with E-state index < -0.39 is 0 Å². The van der Waals surface area contributed by atoms with Crippen LogP contribution >= 0.6 is 0 Å². The molecular weight excluding hydrogens is 506 g/mol. The zero-order chi connectivity index (χ0) is 27.9. The van der Waals surface area contributed by atoms with Crippen LogP contribution in [0.2, 0.25) is 0 Å². The molecule has 0 amide bonds. The standard InChI is InChI=1S/C41H27N/c1-2-11-29(12-3-1)32-18-8-20-34-33(32)19-9-21-35(34)41-38-16-6-4-14-36(38)40(37-15-5-7-17-39(37)41)30-24-22-28(23-25-30)31-13-10-26-42-27-31/h1-27H. The molecule has 0 unspecified atom stereocenters. The van der Waals surface area contributed by atoms with Crippen molar-refractivity contribution in [1.29, 1.82) is 0 Å². The van der Waals surface area contributed by atoms with E-state index in [9.17, 15) is 0 Å². The molecular formula is C41H27N. The molecule has 1 heteroatoms. The summed E-state index contributed by atoms with van der Waals surface area (Å²) in [5.74, 6) is 0. The fraction of sp³-hybridized carbons (Fsp3) is 0. The molecule has 1 aromatic heterocycles. The van der Waals surface area contributed by atoms with Gasteiger partial charge in [0, 0.05) is 12.4 Å². The van der Waals surface area contributed by atoms with E-state index in [4.69, 9.17) is 0 Å². The lowest BCUT2D eigenvalue weighted by Gasteiger charge is -2.19. The molecule has 0 aliphatic heterocycles. The molecule has 0 radical (unpaired) electrons. The van der Waals surface area contributed by atoms with Gasteiger partial charge in [-0.15, -0.1) is 0 Å². The third kappa shape index (κ3) is 3.98. The van der Waals surface area contributed by atoms with Gasteiger partial charge in [0.1, 0.15) is 0 Å². The minimum absolute atomic E-state index is 1.12. The average Bonchev–Trinajstić information content (AvgIpc) is 3.07. The molecule has 0 saturated heterocycles. The summed E-state index contributed by atoms with van der Waals surface area (Å²) in [6.07, 6.45) is 3.73. The van der Waals surface area contributed by atoms with E-state index in [0.29, 0.717) is 0 Å². The molecule has 0 saturated carbocycles. The topological polar surface area (TPSA) is 12.9 Å². The fourth-order valence-electron chi connectivity index (χ4n) is 6.49. The van der Waals surface area contributed by atoms with Crippen molar-refractivity contribution in [2.24, 2.45) is 0 Å². The third-order valence-electron chi connectivity index (χ3n) is 8.38. The van der Waals surface area contributed by atoms with E-state index in [1.54, 1.807) is 0 Å². The minimum Gasteiger partial charge on any atom is -0.264 e. The van der Waals surface area contributed by atoms with Gasteiger partial charge in [0.2, 0.25) is 0 Å². The van der Waals surface area contributed by atoms with Crippen LogP contribution in [0.15, 0.2) is 164 Å². The minimum atomic E-state index is 1.12. The second kappa shape index (κ2) is 10.1. The van der Waals surface area contributed by atoms with Crippen LogP contribution in [-0.2, 0) is 0 Å². The Morgan fingerprint density at radius 1 is 0.286 bits per heavy atom. The highest BCUT2D eigenvalue weighted by molar-refractivity contribution is 6.24. The maximum absolute atomic E-state index is 4.31. The first-order valence-corrected chi connectivity index (χ1v) is 14.4. The van der Waals surface area contributed by atoms with E-state index >= 15 is 0 Å². The molecule has 0 bridgehead atoms. The van der Waals surface area contributed by atoms with Gasteiger partial charge in [-0.1, -0.05) is 146 Å². The molecule has 8 rings (SSSR count). The lowest BCUT2D eigenvalue weighted by atomic mass is 9.84. The van der Waals surface area contributed by atoms with Crippen molar-refractivity contribution in [3.8, 4) is 44.5 Å². The van der Waals surface area contributed by atoms with Crippen LogP contribution in [0.1, 0.15) is 0 Å². The summed E-state index contributed by atoms with van der Waals surface area (Å²) in [5.41, 5.74) is 9.82. The molecule has 0 N–H and O–H groups in total. The van der Waals surface area contributed by atoms with Crippen LogP contribution in [0.5, 0.6) is 0 Å². The van der Waals surface area contributed by atoms with Gasteiger partial charge in [-0.2, -0.15) is 0 Å². The van der Waals surface area contributed by atoms with Gasteiger partial charge in [0.15, 0.2) is 0 Å². The summed E-state index contributed by atoms with van der Waals surface area (Å²) in [5, 5.41) is 7.58. The lowest BCUT2D eigenvalue weighted by Crippen LogP contribution is -1.92. The van der Waals surface area contributed by atoms with Crippen molar-refractivity contribution in [2.45, 2.75) is 0 Å². The van der Waals surface area contributed by atoms with Crippen molar-refractivity contribution in [3.05, 3.63) is 164 Å². The third-order valence-corrected chi connectivity index (χ3v) is 8.38. The van der Waals surface area contributed by atoms with Crippen LogP contribution < -0.4 is 0 Å². The summed E-state index contributed by atoms with van der Waals surface area (Å²) in [4.78, 5) is 4.31. The normalized spacial score (nSPS) is 11.3. The van der Waals surface area contributed by atoms with Gasteiger partial charge in [-0.25, -0.2) is 0 Å². The number of nitrogens with zero attached hydrogens (tertiary/aromatic N) is 1. The number of hydrogen-bond acceptors (Lipinski definition) is 1. The van der Waals surface area contributed by atoms with Gasteiger partial charge in [0.05, 0.1) is 0 Å². The lowest BCUT2D eigenvalue weighted by molar-refractivity contribution is 1.33. The molecule has 0 aliphatic carbocycles. The highest BCUT2D eigenvalue weighted by Gasteiger charge is 2.18. The van der Waals surface area contributed by atoms with Crippen molar-refractivity contribution < 1.29 is 0 Å². The predicted octanol–water partition coefficient (Wildman–Crippen LogP) is 11.2. The molecule has 0 aliphatic rings. The summed E-state index contributed by atoms with van der Waals surface area (Å²) in [7, 11) is 0. The summed E-state index contributed by atoms with van der Waals surface area (Å²) in [6, 6.07) is 54.9. The molecule has 7 aromatic carbocycles. The molecule has 0 fully saturated rings. The molecule has 42 heavy (non-hydrogen) atoms. The Kier molecular flexibility index (Phi) is 5.86. The number of aromatic nitrogens is 1. The first kappa shape index (κ1) is 24.3. The van der Waals surface area contributed by atoms with Gasteiger partial charge < -0.3 is 0 Å².